The van der Waals surface area contributed by atoms with Crippen molar-refractivity contribution in [3.05, 3.63) is 54.4 Å². The van der Waals surface area contributed by atoms with Crippen LogP contribution < -0.4 is 0 Å². The standard InChI is InChI=1S/C18H19N5O2/c1-22-11-4-6-15(22)18(24)23-12-3-2-5-14(23)17-20-16(21-25-17)13-7-9-19-10-8-13/h4,6-11,14H,2-3,5,12H2,1H3. The molecule has 7 nitrogen and oxygen atoms in total. The highest BCUT2D eigenvalue weighted by Crippen LogP contribution is 2.32. The van der Waals surface area contributed by atoms with Gasteiger partial charge in [-0.2, -0.15) is 4.98 Å². The van der Waals surface area contributed by atoms with Crippen LogP contribution in [-0.4, -0.2) is 37.0 Å². The smallest absolute Gasteiger partial charge is 0.271 e. The predicted molar refractivity (Wildman–Crippen MR) is 90.6 cm³/mol. The fourth-order valence-corrected chi connectivity index (χ4v) is 3.25. The summed E-state index contributed by atoms with van der Waals surface area (Å²) < 4.78 is 7.34. The lowest BCUT2D eigenvalue weighted by atomic mass is 10.0. The highest BCUT2D eigenvalue weighted by atomic mass is 16.5. The van der Waals surface area contributed by atoms with Gasteiger partial charge in [0.2, 0.25) is 11.7 Å². The van der Waals surface area contributed by atoms with Crippen molar-refractivity contribution in [2.75, 3.05) is 6.54 Å². The molecule has 7 heteroatoms. The first kappa shape index (κ1) is 15.6. The molecule has 0 saturated carbocycles. The molecule has 0 spiro atoms. The number of carbonyl (C=O) groups is 1. The van der Waals surface area contributed by atoms with Crippen LogP contribution >= 0.6 is 0 Å². The molecule has 1 saturated heterocycles. The molecule has 3 aromatic rings. The number of hydrogen-bond acceptors (Lipinski definition) is 5. The molecule has 3 aromatic heterocycles. The summed E-state index contributed by atoms with van der Waals surface area (Å²) in [5.74, 6) is 1.02. The first-order chi connectivity index (χ1) is 12.2. The number of nitrogens with zero attached hydrogens (tertiary/aromatic N) is 5. The Labute approximate surface area is 145 Å². The molecule has 25 heavy (non-hydrogen) atoms. The third-order valence-electron chi connectivity index (χ3n) is 4.59. The van der Waals surface area contributed by atoms with Crippen LogP contribution in [0.1, 0.15) is 41.7 Å². The van der Waals surface area contributed by atoms with E-state index in [0.29, 0.717) is 24.0 Å². The first-order valence-electron chi connectivity index (χ1n) is 8.40. The summed E-state index contributed by atoms with van der Waals surface area (Å²) in [6.07, 6.45) is 8.11. The highest BCUT2D eigenvalue weighted by Gasteiger charge is 2.33. The monoisotopic (exact) mass is 337 g/mol. The zero-order valence-electron chi connectivity index (χ0n) is 14.0. The van der Waals surface area contributed by atoms with Gasteiger partial charge in [-0.1, -0.05) is 5.16 Å². The number of aromatic nitrogens is 4. The van der Waals surface area contributed by atoms with Gasteiger partial charge in [-0.3, -0.25) is 9.78 Å². The minimum atomic E-state index is -0.181. The highest BCUT2D eigenvalue weighted by molar-refractivity contribution is 5.93. The van der Waals surface area contributed by atoms with Crippen LogP contribution in [-0.2, 0) is 7.05 Å². The summed E-state index contributed by atoms with van der Waals surface area (Å²) in [4.78, 5) is 23.3. The van der Waals surface area contributed by atoms with E-state index in [1.807, 2.05) is 47.0 Å². The number of amides is 1. The Morgan fingerprint density at radius 1 is 1.24 bits per heavy atom. The normalized spacial score (nSPS) is 17.6. The minimum absolute atomic E-state index is 0.000797. The van der Waals surface area contributed by atoms with Crippen molar-refractivity contribution >= 4 is 5.91 Å². The lowest BCUT2D eigenvalue weighted by Crippen LogP contribution is -2.39. The second kappa shape index (κ2) is 6.51. The van der Waals surface area contributed by atoms with Crippen LogP contribution in [0, 0.1) is 0 Å². The summed E-state index contributed by atoms with van der Waals surface area (Å²) >= 11 is 0. The molecular formula is C18H19N5O2. The quantitative estimate of drug-likeness (QED) is 0.734. The lowest BCUT2D eigenvalue weighted by molar-refractivity contribution is 0.0551. The van der Waals surface area contributed by atoms with E-state index in [2.05, 4.69) is 15.1 Å². The van der Waals surface area contributed by atoms with Crippen molar-refractivity contribution in [3.63, 3.8) is 0 Å². The summed E-state index contributed by atoms with van der Waals surface area (Å²) in [7, 11) is 1.88. The maximum absolute atomic E-state index is 12.9. The summed E-state index contributed by atoms with van der Waals surface area (Å²) in [5.41, 5.74) is 1.52. The van der Waals surface area contributed by atoms with Crippen molar-refractivity contribution in [3.8, 4) is 11.4 Å². The number of hydrogen-bond donors (Lipinski definition) is 0. The molecule has 1 aliphatic rings. The maximum atomic E-state index is 12.9. The molecule has 0 radical (unpaired) electrons. The second-order valence-corrected chi connectivity index (χ2v) is 6.21. The third kappa shape index (κ3) is 2.93. The average molecular weight is 337 g/mol. The molecule has 1 amide bonds. The van der Waals surface area contributed by atoms with E-state index in [-0.39, 0.29) is 11.9 Å². The van der Waals surface area contributed by atoms with Crippen LogP contribution in [0.2, 0.25) is 0 Å². The lowest BCUT2D eigenvalue weighted by Gasteiger charge is -2.33. The van der Waals surface area contributed by atoms with Crippen molar-refractivity contribution < 1.29 is 9.32 Å². The predicted octanol–water partition coefficient (Wildman–Crippen LogP) is 2.84. The Morgan fingerprint density at radius 2 is 2.08 bits per heavy atom. The third-order valence-corrected chi connectivity index (χ3v) is 4.59. The molecule has 1 unspecified atom stereocenters. The summed E-state index contributed by atoms with van der Waals surface area (Å²) in [6.45, 7) is 0.696. The van der Waals surface area contributed by atoms with Crippen LogP contribution in [0.25, 0.3) is 11.4 Å². The average Bonchev–Trinajstić information content (AvgIpc) is 3.31. The molecule has 0 aliphatic carbocycles. The number of piperidine rings is 1. The fourth-order valence-electron chi connectivity index (χ4n) is 3.25. The zero-order chi connectivity index (χ0) is 17.2. The van der Waals surface area contributed by atoms with Crippen LogP contribution in [0.5, 0.6) is 0 Å². The van der Waals surface area contributed by atoms with E-state index in [0.717, 1.165) is 24.8 Å². The Morgan fingerprint density at radius 3 is 2.84 bits per heavy atom. The van der Waals surface area contributed by atoms with Gasteiger partial charge in [0, 0.05) is 37.7 Å². The van der Waals surface area contributed by atoms with E-state index in [1.54, 1.807) is 12.4 Å². The molecule has 4 rings (SSSR count). The Bertz CT molecular complexity index is 870. The van der Waals surface area contributed by atoms with Gasteiger partial charge in [0.25, 0.3) is 5.91 Å². The SMILES string of the molecule is Cn1cccc1C(=O)N1CCCCC1c1nc(-c2ccncc2)no1. The van der Waals surface area contributed by atoms with Gasteiger partial charge in [0.1, 0.15) is 11.7 Å². The summed E-state index contributed by atoms with van der Waals surface area (Å²) in [5, 5.41) is 4.08. The van der Waals surface area contributed by atoms with E-state index >= 15 is 0 Å². The molecule has 128 valence electrons. The summed E-state index contributed by atoms with van der Waals surface area (Å²) in [6, 6.07) is 7.20. The largest absolute Gasteiger partial charge is 0.347 e. The Hall–Kier alpha value is -2.96. The van der Waals surface area contributed by atoms with Crippen molar-refractivity contribution in [1.82, 2.24) is 24.6 Å². The van der Waals surface area contributed by atoms with Crippen molar-refractivity contribution in [1.29, 1.82) is 0 Å². The molecule has 1 atom stereocenters. The molecule has 1 aliphatic heterocycles. The fraction of sp³-hybridized carbons (Fsp3) is 0.333. The molecule has 4 heterocycles. The van der Waals surface area contributed by atoms with Gasteiger partial charge in [-0.25, -0.2) is 0 Å². The maximum Gasteiger partial charge on any atom is 0.271 e. The molecule has 1 fully saturated rings. The van der Waals surface area contributed by atoms with Gasteiger partial charge >= 0.3 is 0 Å². The van der Waals surface area contributed by atoms with E-state index < -0.39 is 0 Å². The number of rotatable bonds is 3. The first-order valence-corrected chi connectivity index (χ1v) is 8.40. The van der Waals surface area contributed by atoms with Gasteiger partial charge < -0.3 is 14.0 Å². The van der Waals surface area contributed by atoms with E-state index in [4.69, 9.17) is 4.52 Å². The Kier molecular flexibility index (Phi) is 4.05. The molecule has 0 bridgehead atoms. The number of pyridine rings is 1. The molecule has 0 aromatic carbocycles. The minimum Gasteiger partial charge on any atom is -0.347 e. The Balaban J connectivity index is 1.63. The molecular weight excluding hydrogens is 318 g/mol. The van der Waals surface area contributed by atoms with Gasteiger partial charge in [-0.15, -0.1) is 0 Å². The van der Waals surface area contributed by atoms with Gasteiger partial charge in [0.15, 0.2) is 0 Å². The zero-order valence-corrected chi connectivity index (χ0v) is 14.0. The van der Waals surface area contributed by atoms with Crippen molar-refractivity contribution in [2.45, 2.75) is 25.3 Å². The topological polar surface area (TPSA) is 77.1 Å². The van der Waals surface area contributed by atoms with Crippen LogP contribution in [0.3, 0.4) is 0 Å². The van der Waals surface area contributed by atoms with E-state index in [9.17, 15) is 4.79 Å². The van der Waals surface area contributed by atoms with E-state index in [1.165, 1.54) is 0 Å². The number of aryl methyl sites for hydroxylation is 1. The van der Waals surface area contributed by atoms with Gasteiger partial charge in [0.05, 0.1) is 0 Å². The van der Waals surface area contributed by atoms with Crippen molar-refractivity contribution in [2.24, 2.45) is 7.05 Å². The van der Waals surface area contributed by atoms with Crippen LogP contribution in [0.4, 0.5) is 0 Å². The number of likely N-dealkylation sites (tertiary alicyclic amines) is 1. The van der Waals surface area contributed by atoms with Gasteiger partial charge in [-0.05, 0) is 43.5 Å². The second-order valence-electron chi connectivity index (χ2n) is 6.21. The molecule has 0 N–H and O–H groups in total. The number of carbonyl (C=O) groups excluding carboxylic acids is 1. The van der Waals surface area contributed by atoms with Crippen LogP contribution in [0.15, 0.2) is 47.4 Å².